The topological polar surface area (TPSA) is 140 Å². The molecule has 2 aromatic carbocycles. The van der Waals surface area contributed by atoms with Gasteiger partial charge in [0.2, 0.25) is 10.0 Å². The monoisotopic (exact) mass is 633 g/mol. The van der Waals surface area contributed by atoms with Crippen LogP contribution in [0.15, 0.2) is 46.9 Å². The molecule has 1 aliphatic heterocycles. The number of hydrogen-bond acceptors (Lipinski definition) is 8. The zero-order valence-corrected chi connectivity index (χ0v) is 23.8. The molecule has 16 heteroatoms. The van der Waals surface area contributed by atoms with Gasteiger partial charge in [-0.2, -0.15) is 4.72 Å². The van der Waals surface area contributed by atoms with Crippen molar-refractivity contribution in [1.82, 2.24) is 10.0 Å². The Kier molecular flexibility index (Phi) is 8.78. The van der Waals surface area contributed by atoms with Gasteiger partial charge in [0.1, 0.15) is 21.9 Å². The van der Waals surface area contributed by atoms with Gasteiger partial charge in [-0.15, -0.1) is 0 Å². The van der Waals surface area contributed by atoms with Crippen LogP contribution in [-0.4, -0.2) is 59.1 Å². The van der Waals surface area contributed by atoms with Gasteiger partial charge in [-0.1, -0.05) is 29.3 Å². The van der Waals surface area contributed by atoms with Crippen LogP contribution in [0.25, 0.3) is 0 Å². The number of halogens is 4. The van der Waals surface area contributed by atoms with Gasteiger partial charge in [0.05, 0.1) is 29.8 Å². The molecule has 0 saturated heterocycles. The molecule has 11 nitrogen and oxygen atoms in total. The summed E-state index contributed by atoms with van der Waals surface area (Å²) in [5, 5.41) is 1.73. The lowest BCUT2D eigenvalue weighted by molar-refractivity contribution is -0.143. The van der Waals surface area contributed by atoms with Crippen molar-refractivity contribution in [2.24, 2.45) is 0 Å². The SMILES string of the molecule is COC(=O)C1(NS(=O)(=O)c2cc(Oc3c(Cl)cc(N4CCC=C(C(F)F)C(=O)NC4=O)cc3Cl)ccc2OC)CC1. The first kappa shape index (κ1) is 30.5. The van der Waals surface area contributed by atoms with Crippen LogP contribution >= 0.6 is 23.2 Å². The van der Waals surface area contributed by atoms with Crippen molar-refractivity contribution >= 4 is 56.8 Å². The van der Waals surface area contributed by atoms with E-state index in [1.54, 1.807) is 0 Å². The molecule has 0 bridgehead atoms. The molecule has 220 valence electrons. The van der Waals surface area contributed by atoms with Crippen molar-refractivity contribution < 1.29 is 45.8 Å². The zero-order valence-electron chi connectivity index (χ0n) is 21.5. The molecule has 1 saturated carbocycles. The number of nitrogens with one attached hydrogen (secondary N) is 2. The molecule has 0 unspecified atom stereocenters. The van der Waals surface area contributed by atoms with Gasteiger partial charge in [-0.3, -0.25) is 19.8 Å². The number of ether oxygens (including phenoxy) is 3. The number of hydrogen-bond donors (Lipinski definition) is 2. The Hall–Kier alpha value is -3.46. The maximum atomic E-state index is 13.2. The molecule has 0 aromatic heterocycles. The number of benzene rings is 2. The normalized spacial score (nSPS) is 16.9. The van der Waals surface area contributed by atoms with Crippen molar-refractivity contribution in [3.63, 3.8) is 0 Å². The maximum Gasteiger partial charge on any atom is 0.328 e. The summed E-state index contributed by atoms with van der Waals surface area (Å²) < 4.78 is 70.5. The summed E-state index contributed by atoms with van der Waals surface area (Å²) in [5.41, 5.74) is -2.02. The van der Waals surface area contributed by atoms with E-state index in [1.165, 1.54) is 31.4 Å². The van der Waals surface area contributed by atoms with Crippen LogP contribution in [0.3, 0.4) is 0 Å². The van der Waals surface area contributed by atoms with E-state index in [1.807, 2.05) is 5.32 Å². The number of methoxy groups -OCH3 is 2. The van der Waals surface area contributed by atoms with Gasteiger partial charge in [0, 0.05) is 18.3 Å². The van der Waals surface area contributed by atoms with Crippen LogP contribution in [0.1, 0.15) is 19.3 Å². The van der Waals surface area contributed by atoms with Crippen LogP contribution < -0.4 is 24.4 Å². The Labute approximate surface area is 243 Å². The molecule has 1 heterocycles. The number of sulfonamides is 1. The fourth-order valence-corrected chi connectivity index (χ4v) is 6.20. The summed E-state index contributed by atoms with van der Waals surface area (Å²) in [4.78, 5) is 37.5. The highest BCUT2D eigenvalue weighted by Crippen LogP contribution is 2.42. The molecule has 3 amide bonds. The number of urea groups is 1. The number of carbonyl (C=O) groups is 3. The smallest absolute Gasteiger partial charge is 0.328 e. The standard InChI is InChI=1S/C25H23Cl2F2N3O8S/c1-38-18-6-5-14(12-19(18)41(36,37)31-25(7-8-25)23(34)39-2)40-20-16(26)10-13(11-17(20)27)32-9-3-4-15(21(28)29)22(33)30-24(32)35/h4-6,10-12,21,31H,3,7-9H2,1-2H3,(H,30,33,35). The Morgan fingerprint density at radius 1 is 1.12 bits per heavy atom. The van der Waals surface area contributed by atoms with Crippen LogP contribution in [0.2, 0.25) is 10.0 Å². The second-order valence-electron chi connectivity index (χ2n) is 8.99. The number of esters is 1. The Bertz CT molecular complexity index is 1520. The van der Waals surface area contributed by atoms with E-state index in [-0.39, 0.29) is 63.7 Å². The molecule has 1 aliphatic carbocycles. The lowest BCUT2D eigenvalue weighted by Crippen LogP contribution is -2.46. The Morgan fingerprint density at radius 2 is 1.78 bits per heavy atom. The number of anilines is 1. The van der Waals surface area contributed by atoms with Gasteiger partial charge >= 0.3 is 12.0 Å². The average Bonchev–Trinajstić information content (AvgIpc) is 3.68. The van der Waals surface area contributed by atoms with Gasteiger partial charge in [0.25, 0.3) is 12.3 Å². The molecular weight excluding hydrogens is 611 g/mol. The minimum Gasteiger partial charge on any atom is -0.495 e. The van der Waals surface area contributed by atoms with Crippen LogP contribution in [0.5, 0.6) is 17.2 Å². The highest BCUT2D eigenvalue weighted by Gasteiger charge is 2.54. The Morgan fingerprint density at radius 3 is 2.34 bits per heavy atom. The fraction of sp³-hybridized carbons (Fsp3) is 0.320. The van der Waals surface area contributed by atoms with Crippen LogP contribution in [0.4, 0.5) is 19.3 Å². The molecule has 41 heavy (non-hydrogen) atoms. The maximum absolute atomic E-state index is 13.2. The summed E-state index contributed by atoms with van der Waals surface area (Å²) in [6.07, 6.45) is -1.51. The van der Waals surface area contributed by atoms with Gasteiger partial charge in [-0.25, -0.2) is 22.0 Å². The van der Waals surface area contributed by atoms with Gasteiger partial charge in [-0.05, 0) is 43.5 Å². The lowest BCUT2D eigenvalue weighted by atomic mass is 10.1. The predicted molar refractivity (Wildman–Crippen MR) is 143 cm³/mol. The first-order chi connectivity index (χ1) is 19.3. The molecule has 4 rings (SSSR count). The van der Waals surface area contributed by atoms with Crippen molar-refractivity contribution in [2.45, 2.75) is 36.1 Å². The largest absolute Gasteiger partial charge is 0.495 e. The zero-order chi connectivity index (χ0) is 30.1. The minimum atomic E-state index is -4.29. The fourth-order valence-electron chi connectivity index (χ4n) is 4.04. The van der Waals surface area contributed by atoms with E-state index < -0.39 is 45.5 Å². The first-order valence-corrected chi connectivity index (χ1v) is 14.1. The number of amides is 3. The third-order valence-corrected chi connectivity index (χ3v) is 8.39. The molecule has 2 aliphatic rings. The molecule has 2 aromatic rings. The second-order valence-corrected chi connectivity index (χ2v) is 11.5. The molecule has 1 fully saturated rings. The molecule has 0 spiro atoms. The Balaban J connectivity index is 1.61. The van der Waals surface area contributed by atoms with Crippen molar-refractivity contribution in [1.29, 1.82) is 0 Å². The summed E-state index contributed by atoms with van der Waals surface area (Å²) >= 11 is 12.8. The molecule has 0 atom stereocenters. The predicted octanol–water partition coefficient (Wildman–Crippen LogP) is 4.42. The van der Waals surface area contributed by atoms with Gasteiger partial charge in [0.15, 0.2) is 5.75 Å². The average molecular weight is 634 g/mol. The summed E-state index contributed by atoms with van der Waals surface area (Å²) in [5.74, 6) is -2.06. The van der Waals surface area contributed by atoms with E-state index in [0.717, 1.165) is 24.2 Å². The van der Waals surface area contributed by atoms with E-state index in [0.29, 0.717) is 0 Å². The summed E-state index contributed by atoms with van der Waals surface area (Å²) in [7, 11) is -1.86. The van der Waals surface area contributed by atoms with Crippen molar-refractivity contribution in [3.8, 4) is 17.2 Å². The van der Waals surface area contributed by atoms with Gasteiger partial charge < -0.3 is 14.2 Å². The third-order valence-electron chi connectivity index (χ3n) is 6.27. The van der Waals surface area contributed by atoms with E-state index in [2.05, 4.69) is 4.72 Å². The quantitative estimate of drug-likeness (QED) is 0.387. The van der Waals surface area contributed by atoms with E-state index >= 15 is 0 Å². The number of carbonyl (C=O) groups excluding carboxylic acids is 3. The van der Waals surface area contributed by atoms with Crippen LogP contribution in [0, 0.1) is 0 Å². The number of alkyl halides is 2. The first-order valence-electron chi connectivity index (χ1n) is 11.9. The highest BCUT2D eigenvalue weighted by molar-refractivity contribution is 7.89. The van der Waals surface area contributed by atoms with E-state index in [4.69, 9.17) is 37.4 Å². The summed E-state index contributed by atoms with van der Waals surface area (Å²) in [6.45, 7) is -0.0675. The molecule has 0 radical (unpaired) electrons. The van der Waals surface area contributed by atoms with Crippen molar-refractivity contribution in [2.75, 3.05) is 25.7 Å². The van der Waals surface area contributed by atoms with Crippen molar-refractivity contribution in [3.05, 3.63) is 52.0 Å². The third kappa shape index (κ3) is 6.40. The number of imide groups is 1. The number of rotatable bonds is 9. The summed E-state index contributed by atoms with van der Waals surface area (Å²) in [6, 6.07) is 5.54. The number of nitrogens with zero attached hydrogens (tertiary/aromatic N) is 1. The second kappa shape index (κ2) is 11.8. The van der Waals surface area contributed by atoms with E-state index in [9.17, 15) is 31.6 Å². The highest BCUT2D eigenvalue weighted by atomic mass is 35.5. The lowest BCUT2D eigenvalue weighted by Gasteiger charge is -2.25. The van der Waals surface area contributed by atoms with Crippen LogP contribution in [-0.2, 0) is 24.3 Å². The minimum absolute atomic E-state index is 0.00935. The molecule has 2 N–H and O–H groups in total. The molecular formula is C25H23Cl2F2N3O8S.